The first kappa shape index (κ1) is 13.5. The lowest BCUT2D eigenvalue weighted by atomic mass is 10.2. The van der Waals surface area contributed by atoms with Crippen molar-refractivity contribution >= 4 is 0 Å². The quantitative estimate of drug-likeness (QED) is 0.829. The maximum absolute atomic E-state index is 5.99. The number of rotatable bonds is 5. The zero-order valence-corrected chi connectivity index (χ0v) is 12.6. The molecule has 1 aliphatic heterocycles. The molecule has 0 spiro atoms. The molecule has 1 aromatic heterocycles. The molecule has 22 heavy (non-hydrogen) atoms. The molecule has 7 heteroatoms. The van der Waals surface area contributed by atoms with Crippen molar-refractivity contribution in [3.05, 3.63) is 30.1 Å². The highest BCUT2D eigenvalue weighted by Gasteiger charge is 2.28. The van der Waals surface area contributed by atoms with Crippen LogP contribution in [0.25, 0.3) is 0 Å². The zero-order valence-electron chi connectivity index (χ0n) is 12.6. The lowest BCUT2D eigenvalue weighted by Crippen LogP contribution is -2.39. The van der Waals surface area contributed by atoms with Crippen LogP contribution < -0.4 is 9.47 Å². The minimum atomic E-state index is 0.0187. The lowest BCUT2D eigenvalue weighted by Gasteiger charge is -2.29. The normalized spacial score (nSPS) is 20.4. The van der Waals surface area contributed by atoms with E-state index in [-0.39, 0.29) is 6.10 Å². The molecule has 0 saturated heterocycles. The molecule has 1 saturated carbocycles. The van der Waals surface area contributed by atoms with Gasteiger partial charge in [0.05, 0.1) is 12.6 Å². The highest BCUT2D eigenvalue weighted by atomic mass is 16.6. The van der Waals surface area contributed by atoms with E-state index in [2.05, 4.69) is 27.5 Å². The number of hydrogen-bond donors (Lipinski definition) is 0. The lowest BCUT2D eigenvalue weighted by molar-refractivity contribution is 0.0629. The van der Waals surface area contributed by atoms with E-state index < -0.39 is 0 Å². The number of hydrogen-bond acceptors (Lipinski definition) is 6. The van der Waals surface area contributed by atoms with Crippen molar-refractivity contribution in [2.24, 2.45) is 0 Å². The van der Waals surface area contributed by atoms with Gasteiger partial charge in [-0.3, -0.25) is 4.90 Å². The largest absolute Gasteiger partial charge is 0.486 e. The summed E-state index contributed by atoms with van der Waals surface area (Å²) < 4.78 is 13.7. The summed E-state index contributed by atoms with van der Waals surface area (Å²) >= 11 is 0. The average molecular weight is 301 g/mol. The van der Waals surface area contributed by atoms with Crippen molar-refractivity contribution in [2.75, 3.05) is 20.2 Å². The zero-order chi connectivity index (χ0) is 14.9. The monoisotopic (exact) mass is 301 g/mol. The Labute approximate surface area is 128 Å². The fraction of sp³-hybridized carbons (Fsp3) is 0.533. The predicted octanol–water partition coefficient (Wildman–Crippen LogP) is 1.28. The molecule has 2 aliphatic rings. The molecule has 0 N–H and O–H groups in total. The number of ether oxygens (including phenoxy) is 2. The molecule has 2 heterocycles. The molecule has 0 bridgehead atoms. The van der Waals surface area contributed by atoms with Crippen LogP contribution in [0, 0.1) is 0 Å². The molecule has 0 amide bonds. The maximum atomic E-state index is 5.99. The van der Waals surface area contributed by atoms with E-state index >= 15 is 0 Å². The summed E-state index contributed by atoms with van der Waals surface area (Å²) in [7, 11) is 2.05. The van der Waals surface area contributed by atoms with Gasteiger partial charge in [0.25, 0.3) is 0 Å². The number of aromatic nitrogens is 4. The standard InChI is InChI=1S/C15H19N5O2/c1-19(9-15-16-17-18-20(15)11-6-7-11)8-12-10-21-13-4-2-3-5-14(13)22-12/h2-5,11-12H,6-10H2,1H3/t12-/m0/s1. The van der Waals surface area contributed by atoms with Gasteiger partial charge in [-0.25, -0.2) is 4.68 Å². The maximum Gasteiger partial charge on any atom is 0.165 e. The van der Waals surface area contributed by atoms with Gasteiger partial charge in [-0.15, -0.1) is 5.10 Å². The number of tetrazole rings is 1. The van der Waals surface area contributed by atoms with Crippen LogP contribution >= 0.6 is 0 Å². The van der Waals surface area contributed by atoms with Gasteiger partial charge < -0.3 is 9.47 Å². The van der Waals surface area contributed by atoms with Crippen LogP contribution in [0.5, 0.6) is 11.5 Å². The summed E-state index contributed by atoms with van der Waals surface area (Å²) in [5.41, 5.74) is 0. The molecule has 0 unspecified atom stereocenters. The van der Waals surface area contributed by atoms with E-state index in [1.165, 1.54) is 12.8 Å². The van der Waals surface area contributed by atoms with Crippen molar-refractivity contribution in [3.63, 3.8) is 0 Å². The minimum absolute atomic E-state index is 0.0187. The third-order valence-corrected chi connectivity index (χ3v) is 3.95. The summed E-state index contributed by atoms with van der Waals surface area (Å²) in [6.45, 7) is 2.05. The summed E-state index contributed by atoms with van der Waals surface area (Å²) in [5.74, 6) is 2.55. The number of benzene rings is 1. The Hall–Kier alpha value is -2.15. The van der Waals surface area contributed by atoms with E-state index in [1.54, 1.807) is 0 Å². The second-order valence-electron chi connectivity index (χ2n) is 5.97. The van der Waals surface area contributed by atoms with Gasteiger partial charge in [-0.05, 0) is 42.4 Å². The second kappa shape index (κ2) is 5.57. The molecule has 1 aliphatic carbocycles. The third-order valence-electron chi connectivity index (χ3n) is 3.95. The fourth-order valence-corrected chi connectivity index (χ4v) is 2.73. The van der Waals surface area contributed by atoms with Crippen molar-refractivity contribution in [1.82, 2.24) is 25.1 Å². The first-order valence-corrected chi connectivity index (χ1v) is 7.63. The van der Waals surface area contributed by atoms with Crippen molar-refractivity contribution in [2.45, 2.75) is 31.5 Å². The van der Waals surface area contributed by atoms with Crippen LogP contribution in [0.15, 0.2) is 24.3 Å². The van der Waals surface area contributed by atoms with Gasteiger partial charge in [0.2, 0.25) is 0 Å². The van der Waals surface area contributed by atoms with Gasteiger partial charge in [-0.1, -0.05) is 12.1 Å². The van der Waals surface area contributed by atoms with Crippen molar-refractivity contribution < 1.29 is 9.47 Å². The highest BCUT2D eigenvalue weighted by molar-refractivity contribution is 5.40. The van der Waals surface area contributed by atoms with Crippen LogP contribution in [0.1, 0.15) is 24.7 Å². The van der Waals surface area contributed by atoms with Gasteiger partial charge >= 0.3 is 0 Å². The Morgan fingerprint density at radius 3 is 2.91 bits per heavy atom. The molecular weight excluding hydrogens is 282 g/mol. The number of likely N-dealkylation sites (N-methyl/N-ethyl adjacent to an activating group) is 1. The molecule has 1 fully saturated rings. The molecule has 1 aromatic carbocycles. The van der Waals surface area contributed by atoms with Crippen LogP contribution in [0.4, 0.5) is 0 Å². The molecule has 1 atom stereocenters. The molecule has 4 rings (SSSR count). The van der Waals surface area contributed by atoms with Gasteiger partial charge in [-0.2, -0.15) is 0 Å². The Kier molecular flexibility index (Phi) is 3.42. The minimum Gasteiger partial charge on any atom is -0.486 e. The average Bonchev–Trinajstić information content (AvgIpc) is 3.27. The number of para-hydroxylation sites is 2. The van der Waals surface area contributed by atoms with E-state index in [0.29, 0.717) is 19.2 Å². The molecule has 116 valence electrons. The van der Waals surface area contributed by atoms with Crippen LogP contribution in [-0.2, 0) is 6.54 Å². The van der Waals surface area contributed by atoms with Crippen LogP contribution in [0.3, 0.4) is 0 Å². The number of nitrogens with zero attached hydrogens (tertiary/aromatic N) is 5. The second-order valence-corrected chi connectivity index (χ2v) is 5.97. The summed E-state index contributed by atoms with van der Waals surface area (Å²) in [5, 5.41) is 12.0. The molecule has 7 nitrogen and oxygen atoms in total. The molecule has 0 radical (unpaired) electrons. The topological polar surface area (TPSA) is 65.3 Å². The van der Waals surface area contributed by atoms with E-state index in [0.717, 1.165) is 23.9 Å². The van der Waals surface area contributed by atoms with Gasteiger partial charge in [0, 0.05) is 6.54 Å². The van der Waals surface area contributed by atoms with E-state index in [9.17, 15) is 0 Å². The molecular formula is C15H19N5O2. The Bertz CT molecular complexity index is 655. The SMILES string of the molecule is CN(Cc1nnnn1C1CC1)C[C@H]1COc2ccccc2O1. The van der Waals surface area contributed by atoms with Gasteiger partial charge in [0.1, 0.15) is 12.7 Å². The van der Waals surface area contributed by atoms with Crippen LogP contribution in [0.2, 0.25) is 0 Å². The van der Waals surface area contributed by atoms with E-state index in [4.69, 9.17) is 9.47 Å². The molecule has 2 aromatic rings. The number of fused-ring (bicyclic) bond motifs is 1. The summed E-state index contributed by atoms with van der Waals surface area (Å²) in [4.78, 5) is 2.17. The third kappa shape index (κ3) is 2.76. The first-order valence-electron chi connectivity index (χ1n) is 7.63. The predicted molar refractivity (Wildman–Crippen MR) is 78.8 cm³/mol. The van der Waals surface area contributed by atoms with E-state index in [1.807, 2.05) is 28.9 Å². The highest BCUT2D eigenvalue weighted by Crippen LogP contribution is 2.34. The Morgan fingerprint density at radius 2 is 2.09 bits per heavy atom. The summed E-state index contributed by atoms with van der Waals surface area (Å²) in [6.07, 6.45) is 2.38. The van der Waals surface area contributed by atoms with Crippen molar-refractivity contribution in [1.29, 1.82) is 0 Å². The van der Waals surface area contributed by atoms with Gasteiger partial charge in [0.15, 0.2) is 17.3 Å². The smallest absolute Gasteiger partial charge is 0.165 e. The Balaban J connectivity index is 1.36. The Morgan fingerprint density at radius 1 is 1.27 bits per heavy atom. The fourth-order valence-electron chi connectivity index (χ4n) is 2.73. The van der Waals surface area contributed by atoms with Crippen LogP contribution in [-0.4, -0.2) is 51.4 Å². The first-order chi connectivity index (χ1) is 10.8. The van der Waals surface area contributed by atoms with Crippen molar-refractivity contribution in [3.8, 4) is 11.5 Å². The summed E-state index contributed by atoms with van der Waals surface area (Å²) in [6, 6.07) is 8.28.